The summed E-state index contributed by atoms with van der Waals surface area (Å²) in [6, 6.07) is 1.93. The van der Waals surface area contributed by atoms with Crippen LogP contribution in [0.25, 0.3) is 0 Å². The molecule has 2 aliphatic rings. The zero-order chi connectivity index (χ0) is 14.9. The van der Waals surface area contributed by atoms with Crippen molar-refractivity contribution in [3.05, 3.63) is 35.5 Å². The fourth-order valence-corrected chi connectivity index (χ4v) is 3.32. The molecule has 114 valence electrons. The first kappa shape index (κ1) is 13.4. The summed E-state index contributed by atoms with van der Waals surface area (Å²) in [5, 5.41) is 0. The van der Waals surface area contributed by atoms with Crippen molar-refractivity contribution >= 4 is 11.8 Å². The van der Waals surface area contributed by atoms with E-state index in [1.807, 2.05) is 19.2 Å². The summed E-state index contributed by atoms with van der Waals surface area (Å²) < 4.78 is 0. The van der Waals surface area contributed by atoms with Crippen LogP contribution in [-0.4, -0.2) is 46.1 Å². The largest absolute Gasteiger partial charge is 0.353 e. The van der Waals surface area contributed by atoms with Crippen molar-refractivity contribution in [1.82, 2.24) is 19.9 Å². The van der Waals surface area contributed by atoms with Crippen LogP contribution in [0.5, 0.6) is 0 Å². The highest BCUT2D eigenvalue weighted by Crippen LogP contribution is 2.28. The summed E-state index contributed by atoms with van der Waals surface area (Å²) in [4.78, 5) is 22.5. The highest BCUT2D eigenvalue weighted by atomic mass is 15.3. The standard InChI is InChI=1S/C16H20N6/c1-12-5-6-17-16(20-12)22-9-7-21(8-10-22)15-13-3-2-4-14(13)18-11-19-15/h5-6,11H,2-4,7-10H2,1H3. The predicted molar refractivity (Wildman–Crippen MR) is 85.3 cm³/mol. The first-order chi connectivity index (χ1) is 10.8. The molecular weight excluding hydrogens is 276 g/mol. The molecule has 0 aromatic carbocycles. The van der Waals surface area contributed by atoms with Gasteiger partial charge in [0.25, 0.3) is 0 Å². The first-order valence-electron chi connectivity index (χ1n) is 7.93. The lowest BCUT2D eigenvalue weighted by atomic mass is 10.2. The average molecular weight is 296 g/mol. The number of hydrogen-bond donors (Lipinski definition) is 0. The van der Waals surface area contributed by atoms with Gasteiger partial charge in [-0.25, -0.2) is 19.9 Å². The SMILES string of the molecule is Cc1ccnc(N2CCN(c3ncnc4c3CCC4)CC2)n1. The highest BCUT2D eigenvalue weighted by molar-refractivity contribution is 5.51. The Bertz CT molecular complexity index is 678. The van der Waals surface area contributed by atoms with Crippen molar-refractivity contribution in [3.8, 4) is 0 Å². The van der Waals surface area contributed by atoms with E-state index in [2.05, 4.69) is 29.7 Å². The fraction of sp³-hybridized carbons (Fsp3) is 0.500. The summed E-state index contributed by atoms with van der Waals surface area (Å²) >= 11 is 0. The number of nitrogens with zero attached hydrogens (tertiary/aromatic N) is 6. The van der Waals surface area contributed by atoms with Gasteiger partial charge in [-0.05, 0) is 32.3 Å². The van der Waals surface area contributed by atoms with Crippen LogP contribution in [0.15, 0.2) is 18.6 Å². The molecule has 2 aromatic rings. The van der Waals surface area contributed by atoms with E-state index >= 15 is 0 Å². The van der Waals surface area contributed by atoms with E-state index in [1.165, 1.54) is 17.7 Å². The molecule has 4 rings (SSSR count). The highest BCUT2D eigenvalue weighted by Gasteiger charge is 2.25. The number of anilines is 2. The minimum Gasteiger partial charge on any atom is -0.353 e. The first-order valence-corrected chi connectivity index (χ1v) is 7.93. The van der Waals surface area contributed by atoms with Gasteiger partial charge >= 0.3 is 0 Å². The van der Waals surface area contributed by atoms with Crippen LogP contribution < -0.4 is 9.80 Å². The quantitative estimate of drug-likeness (QED) is 0.835. The van der Waals surface area contributed by atoms with Gasteiger partial charge in [0.1, 0.15) is 12.1 Å². The van der Waals surface area contributed by atoms with E-state index in [0.29, 0.717) is 0 Å². The molecule has 0 bridgehead atoms. The van der Waals surface area contributed by atoms with Gasteiger partial charge in [-0.2, -0.15) is 0 Å². The Morgan fingerprint density at radius 1 is 0.955 bits per heavy atom. The van der Waals surface area contributed by atoms with Crippen LogP contribution in [-0.2, 0) is 12.8 Å². The van der Waals surface area contributed by atoms with Crippen molar-refractivity contribution in [2.75, 3.05) is 36.0 Å². The number of aromatic nitrogens is 4. The van der Waals surface area contributed by atoms with E-state index in [4.69, 9.17) is 0 Å². The van der Waals surface area contributed by atoms with Gasteiger partial charge < -0.3 is 9.80 Å². The molecule has 1 aliphatic carbocycles. The van der Waals surface area contributed by atoms with Crippen LogP contribution in [0, 0.1) is 6.92 Å². The van der Waals surface area contributed by atoms with E-state index in [1.54, 1.807) is 6.33 Å². The molecule has 0 atom stereocenters. The van der Waals surface area contributed by atoms with Crippen LogP contribution >= 0.6 is 0 Å². The lowest BCUT2D eigenvalue weighted by molar-refractivity contribution is 0.631. The zero-order valence-electron chi connectivity index (χ0n) is 12.9. The number of rotatable bonds is 2. The molecule has 1 saturated heterocycles. The Hall–Kier alpha value is -2.24. The van der Waals surface area contributed by atoms with Crippen molar-refractivity contribution < 1.29 is 0 Å². The fourth-order valence-electron chi connectivity index (χ4n) is 3.32. The Kier molecular flexibility index (Phi) is 3.36. The van der Waals surface area contributed by atoms with Gasteiger partial charge in [0.15, 0.2) is 0 Å². The average Bonchev–Trinajstić information content (AvgIpc) is 3.04. The predicted octanol–water partition coefficient (Wildman–Crippen LogP) is 1.39. The van der Waals surface area contributed by atoms with E-state index in [0.717, 1.165) is 56.5 Å². The molecule has 1 aliphatic heterocycles. The molecule has 0 unspecified atom stereocenters. The molecule has 0 radical (unpaired) electrons. The second kappa shape index (κ2) is 5.51. The third-order valence-corrected chi connectivity index (χ3v) is 4.50. The van der Waals surface area contributed by atoms with E-state index < -0.39 is 0 Å². The normalized spacial score (nSPS) is 17.7. The van der Waals surface area contributed by atoms with Gasteiger partial charge in [-0.15, -0.1) is 0 Å². The van der Waals surface area contributed by atoms with Crippen molar-refractivity contribution in [3.63, 3.8) is 0 Å². The molecule has 6 nitrogen and oxygen atoms in total. The number of aryl methyl sites for hydroxylation is 2. The van der Waals surface area contributed by atoms with Crippen LogP contribution in [0.3, 0.4) is 0 Å². The van der Waals surface area contributed by atoms with Gasteiger partial charge in [0, 0.05) is 49.3 Å². The van der Waals surface area contributed by atoms with Gasteiger partial charge in [0.2, 0.25) is 5.95 Å². The molecule has 22 heavy (non-hydrogen) atoms. The molecule has 3 heterocycles. The smallest absolute Gasteiger partial charge is 0.225 e. The van der Waals surface area contributed by atoms with Crippen LogP contribution in [0.4, 0.5) is 11.8 Å². The summed E-state index contributed by atoms with van der Waals surface area (Å²) in [6.45, 7) is 5.79. The molecule has 2 aromatic heterocycles. The lowest BCUT2D eigenvalue weighted by Gasteiger charge is -2.36. The zero-order valence-corrected chi connectivity index (χ0v) is 12.9. The molecule has 0 N–H and O–H groups in total. The second-order valence-corrected chi connectivity index (χ2v) is 5.95. The molecule has 0 amide bonds. The number of fused-ring (bicyclic) bond motifs is 1. The lowest BCUT2D eigenvalue weighted by Crippen LogP contribution is -2.47. The molecular formula is C16H20N6. The van der Waals surface area contributed by atoms with Gasteiger partial charge in [0.05, 0.1) is 0 Å². The number of piperazine rings is 1. The maximum absolute atomic E-state index is 4.55. The summed E-state index contributed by atoms with van der Waals surface area (Å²) in [5.74, 6) is 1.99. The Balaban J connectivity index is 1.50. The monoisotopic (exact) mass is 296 g/mol. The summed E-state index contributed by atoms with van der Waals surface area (Å²) in [5.41, 5.74) is 3.62. The minimum absolute atomic E-state index is 0.840. The van der Waals surface area contributed by atoms with Gasteiger partial charge in [-0.3, -0.25) is 0 Å². The van der Waals surface area contributed by atoms with Gasteiger partial charge in [-0.1, -0.05) is 0 Å². The molecule has 6 heteroatoms. The summed E-state index contributed by atoms with van der Waals surface area (Å²) in [6.07, 6.45) is 6.98. The molecule has 0 spiro atoms. The van der Waals surface area contributed by atoms with E-state index in [-0.39, 0.29) is 0 Å². The molecule has 0 saturated carbocycles. The van der Waals surface area contributed by atoms with E-state index in [9.17, 15) is 0 Å². The number of hydrogen-bond acceptors (Lipinski definition) is 6. The maximum Gasteiger partial charge on any atom is 0.225 e. The second-order valence-electron chi connectivity index (χ2n) is 5.95. The topological polar surface area (TPSA) is 58.0 Å². The van der Waals surface area contributed by atoms with Crippen molar-refractivity contribution in [1.29, 1.82) is 0 Å². The van der Waals surface area contributed by atoms with Crippen LogP contribution in [0.2, 0.25) is 0 Å². The summed E-state index contributed by atoms with van der Waals surface area (Å²) in [7, 11) is 0. The van der Waals surface area contributed by atoms with Crippen molar-refractivity contribution in [2.45, 2.75) is 26.2 Å². The third-order valence-electron chi connectivity index (χ3n) is 4.50. The Labute approximate surface area is 130 Å². The molecule has 1 fully saturated rings. The third kappa shape index (κ3) is 2.38. The van der Waals surface area contributed by atoms with Crippen molar-refractivity contribution in [2.24, 2.45) is 0 Å². The van der Waals surface area contributed by atoms with Crippen LogP contribution in [0.1, 0.15) is 23.4 Å². The minimum atomic E-state index is 0.840. The maximum atomic E-state index is 4.55. The Morgan fingerprint density at radius 2 is 1.77 bits per heavy atom. The Morgan fingerprint density at radius 3 is 2.59 bits per heavy atom.